The second kappa shape index (κ2) is 6.83. The maximum atomic E-state index is 6.62. The van der Waals surface area contributed by atoms with Gasteiger partial charge in [0.2, 0.25) is 8.32 Å². The summed E-state index contributed by atoms with van der Waals surface area (Å²) in [5, 5.41) is 0.227. The second-order valence-corrected chi connectivity index (χ2v) is 16.8. The Bertz CT molecular complexity index is 820. The van der Waals surface area contributed by atoms with Crippen molar-refractivity contribution in [3.05, 3.63) is 29.3 Å². The van der Waals surface area contributed by atoms with Gasteiger partial charge in [-0.05, 0) is 91.2 Å². The van der Waals surface area contributed by atoms with Crippen molar-refractivity contribution in [1.29, 1.82) is 0 Å². The Labute approximate surface area is 184 Å². The summed E-state index contributed by atoms with van der Waals surface area (Å²) in [4.78, 5) is 0. The van der Waals surface area contributed by atoms with E-state index in [0.29, 0.717) is 5.92 Å². The van der Waals surface area contributed by atoms with Gasteiger partial charge in [-0.3, -0.25) is 0 Å². The number of rotatable bonds is 2. The fourth-order valence-corrected chi connectivity index (χ4v) is 7.98. The summed E-state index contributed by atoms with van der Waals surface area (Å²) in [7, 11) is -1.80. The average Bonchev–Trinajstić information content (AvgIpc) is 3.26. The first-order valence-corrected chi connectivity index (χ1v) is 15.1. The molecule has 2 saturated carbocycles. The van der Waals surface area contributed by atoms with E-state index in [4.69, 9.17) is 13.9 Å². The number of fused-ring (bicyclic) bond motifs is 6. The lowest BCUT2D eigenvalue weighted by Crippen LogP contribution is -2.51. The summed E-state index contributed by atoms with van der Waals surface area (Å²) < 4.78 is 19.2. The Morgan fingerprint density at radius 3 is 2.47 bits per heavy atom. The number of hydrogen-bond acceptors (Lipinski definition) is 3. The second-order valence-electron chi connectivity index (χ2n) is 12.1. The molecule has 3 fully saturated rings. The van der Waals surface area contributed by atoms with Crippen molar-refractivity contribution in [1.82, 2.24) is 0 Å². The zero-order valence-electron chi connectivity index (χ0n) is 19.8. The van der Waals surface area contributed by atoms with Crippen molar-refractivity contribution in [3.63, 3.8) is 0 Å². The monoisotopic (exact) mass is 428 g/mol. The number of hydrogen-bond donors (Lipinski definition) is 0. The molecule has 4 aliphatic rings. The molecule has 0 bridgehead atoms. The van der Waals surface area contributed by atoms with Crippen LogP contribution in [0.5, 0.6) is 5.75 Å². The third-order valence-corrected chi connectivity index (χ3v) is 14.0. The fraction of sp³-hybridized carbons (Fsp3) is 0.769. The molecule has 1 aromatic carbocycles. The predicted octanol–water partition coefficient (Wildman–Crippen LogP) is 6.67. The minimum atomic E-state index is -1.80. The van der Waals surface area contributed by atoms with Crippen LogP contribution in [0.15, 0.2) is 18.2 Å². The van der Waals surface area contributed by atoms with E-state index in [1.54, 1.807) is 5.56 Å². The van der Waals surface area contributed by atoms with E-state index < -0.39 is 8.32 Å². The fourth-order valence-electron chi connectivity index (χ4n) is 6.96. The highest BCUT2D eigenvalue weighted by Crippen LogP contribution is 2.66. The summed E-state index contributed by atoms with van der Waals surface area (Å²) >= 11 is 0. The van der Waals surface area contributed by atoms with Crippen molar-refractivity contribution in [2.45, 2.75) is 96.1 Å². The van der Waals surface area contributed by atoms with Crippen molar-refractivity contribution < 1.29 is 13.9 Å². The minimum Gasteiger partial charge on any atom is -0.543 e. The molecule has 4 heteroatoms. The molecule has 0 aromatic heterocycles. The SMILES string of the molecule is CC(C)(C)[Si](C)(C)Oc1ccc2c(c1)CC[C@@H]1[C@@H]2CC[C@@]2(C)[C@H]1CCC21OCCO1. The molecule has 166 valence electrons. The average molecular weight is 429 g/mol. The molecule has 1 heterocycles. The van der Waals surface area contributed by atoms with Crippen LogP contribution < -0.4 is 4.43 Å². The normalized spacial score (nSPS) is 35.1. The van der Waals surface area contributed by atoms with Crippen LogP contribution in [-0.4, -0.2) is 27.3 Å². The lowest BCUT2D eigenvalue weighted by Gasteiger charge is -2.52. The zero-order chi connectivity index (χ0) is 21.4. The van der Waals surface area contributed by atoms with E-state index in [-0.39, 0.29) is 16.2 Å². The highest BCUT2D eigenvalue weighted by atomic mass is 28.4. The maximum absolute atomic E-state index is 6.62. The Hall–Kier alpha value is -0.843. The van der Waals surface area contributed by atoms with Gasteiger partial charge in [0.1, 0.15) is 5.75 Å². The van der Waals surface area contributed by atoms with Crippen LogP contribution in [0.2, 0.25) is 18.1 Å². The van der Waals surface area contributed by atoms with Crippen LogP contribution in [0.3, 0.4) is 0 Å². The van der Waals surface area contributed by atoms with Crippen molar-refractivity contribution in [2.75, 3.05) is 13.2 Å². The molecule has 1 aromatic rings. The van der Waals surface area contributed by atoms with Crippen LogP contribution in [0.4, 0.5) is 0 Å². The molecule has 4 atom stereocenters. The van der Waals surface area contributed by atoms with Gasteiger partial charge in [0, 0.05) is 11.8 Å². The van der Waals surface area contributed by atoms with Gasteiger partial charge in [0.25, 0.3) is 0 Å². The number of benzene rings is 1. The summed E-state index contributed by atoms with van der Waals surface area (Å²) in [5.41, 5.74) is 3.33. The van der Waals surface area contributed by atoms with E-state index in [0.717, 1.165) is 37.2 Å². The molecular weight excluding hydrogens is 388 g/mol. The van der Waals surface area contributed by atoms with E-state index in [1.165, 1.54) is 37.7 Å². The molecule has 1 spiro atoms. The lowest BCUT2D eigenvalue weighted by molar-refractivity contribution is -0.237. The molecule has 30 heavy (non-hydrogen) atoms. The molecule has 0 N–H and O–H groups in total. The number of ether oxygens (including phenoxy) is 2. The largest absolute Gasteiger partial charge is 0.543 e. The molecule has 0 unspecified atom stereocenters. The van der Waals surface area contributed by atoms with Crippen LogP contribution in [0, 0.1) is 17.3 Å². The third kappa shape index (κ3) is 2.97. The Kier molecular flexibility index (Phi) is 4.78. The standard InChI is InChI=1S/C26H40O3Si/c1-24(2,3)30(5,6)29-19-8-10-20-18(17-19)7-9-22-21(20)11-13-25(4)23(22)12-14-26(25)27-15-16-28-26/h8,10,17,21-23H,7,9,11-16H2,1-6H3/t21-,22-,23+,25+/m1/s1. The van der Waals surface area contributed by atoms with Crippen molar-refractivity contribution >= 4 is 8.32 Å². The molecule has 3 nitrogen and oxygen atoms in total. The van der Waals surface area contributed by atoms with E-state index in [1.807, 2.05) is 0 Å². The number of aryl methyl sites for hydroxylation is 1. The van der Waals surface area contributed by atoms with E-state index in [9.17, 15) is 0 Å². The Morgan fingerprint density at radius 1 is 1.03 bits per heavy atom. The first-order chi connectivity index (χ1) is 14.1. The highest BCUT2D eigenvalue weighted by molar-refractivity contribution is 6.74. The topological polar surface area (TPSA) is 27.7 Å². The minimum absolute atomic E-state index is 0.188. The van der Waals surface area contributed by atoms with Gasteiger partial charge in [0.05, 0.1) is 13.2 Å². The van der Waals surface area contributed by atoms with E-state index in [2.05, 4.69) is 59.0 Å². The van der Waals surface area contributed by atoms with Crippen LogP contribution in [-0.2, 0) is 15.9 Å². The van der Waals surface area contributed by atoms with Gasteiger partial charge in [0.15, 0.2) is 5.79 Å². The van der Waals surface area contributed by atoms with Gasteiger partial charge >= 0.3 is 0 Å². The summed E-state index contributed by atoms with van der Waals surface area (Å²) in [6.07, 6.45) is 7.33. The third-order valence-electron chi connectivity index (χ3n) is 9.68. The van der Waals surface area contributed by atoms with Crippen LogP contribution >= 0.6 is 0 Å². The lowest BCUT2D eigenvalue weighted by atomic mass is 9.55. The van der Waals surface area contributed by atoms with Crippen molar-refractivity contribution in [2.24, 2.45) is 17.3 Å². The van der Waals surface area contributed by atoms with Gasteiger partial charge in [-0.25, -0.2) is 0 Å². The van der Waals surface area contributed by atoms with Gasteiger partial charge in [-0.2, -0.15) is 0 Å². The molecule has 1 aliphatic heterocycles. The first-order valence-electron chi connectivity index (χ1n) is 12.2. The highest BCUT2D eigenvalue weighted by Gasteiger charge is 2.65. The Balaban J connectivity index is 1.39. The molecule has 5 rings (SSSR count). The molecule has 3 aliphatic carbocycles. The quantitative estimate of drug-likeness (QED) is 0.492. The van der Waals surface area contributed by atoms with Gasteiger partial charge in [-0.15, -0.1) is 0 Å². The summed E-state index contributed by atoms with van der Waals surface area (Å²) in [6.45, 7) is 15.6. The molecular formula is C26H40O3Si. The molecule has 0 amide bonds. The summed E-state index contributed by atoms with van der Waals surface area (Å²) in [6, 6.07) is 7.04. The zero-order valence-corrected chi connectivity index (χ0v) is 20.8. The maximum Gasteiger partial charge on any atom is 0.250 e. The van der Waals surface area contributed by atoms with E-state index >= 15 is 0 Å². The first kappa shape index (κ1) is 21.0. The summed E-state index contributed by atoms with van der Waals surface area (Å²) in [5.74, 6) is 3.00. The Morgan fingerprint density at radius 2 is 1.77 bits per heavy atom. The van der Waals surface area contributed by atoms with Gasteiger partial charge < -0.3 is 13.9 Å². The van der Waals surface area contributed by atoms with Crippen LogP contribution in [0.1, 0.15) is 76.8 Å². The molecule has 0 radical (unpaired) electrons. The predicted molar refractivity (Wildman–Crippen MR) is 124 cm³/mol. The van der Waals surface area contributed by atoms with Crippen LogP contribution in [0.25, 0.3) is 0 Å². The van der Waals surface area contributed by atoms with Gasteiger partial charge in [-0.1, -0.05) is 33.8 Å². The van der Waals surface area contributed by atoms with Crippen molar-refractivity contribution in [3.8, 4) is 5.75 Å². The smallest absolute Gasteiger partial charge is 0.250 e. The molecule has 1 saturated heterocycles.